The van der Waals surface area contributed by atoms with Crippen LogP contribution in [0.15, 0.2) is 9.41 Å². The second-order valence-corrected chi connectivity index (χ2v) is 6.80. The number of hydrogen-bond donors (Lipinski definition) is 2. The van der Waals surface area contributed by atoms with Crippen LogP contribution in [-0.4, -0.2) is 24.0 Å². The summed E-state index contributed by atoms with van der Waals surface area (Å²) in [7, 11) is 0. The summed E-state index contributed by atoms with van der Waals surface area (Å²) in [5.74, 6) is 4.17. The van der Waals surface area contributed by atoms with Crippen LogP contribution < -0.4 is 10.6 Å². The topological polar surface area (TPSA) is 62.5 Å². The van der Waals surface area contributed by atoms with Crippen LogP contribution in [0.1, 0.15) is 63.3 Å². The highest BCUT2D eigenvalue weighted by atomic mass is 127. The van der Waals surface area contributed by atoms with Crippen molar-refractivity contribution in [2.45, 2.75) is 66.3 Å². The van der Waals surface area contributed by atoms with Crippen molar-refractivity contribution < 1.29 is 4.42 Å². The van der Waals surface area contributed by atoms with E-state index in [4.69, 9.17) is 4.42 Å². The Hall–Kier alpha value is -0.790. The van der Waals surface area contributed by atoms with Gasteiger partial charge in [0, 0.05) is 13.1 Å². The summed E-state index contributed by atoms with van der Waals surface area (Å²) >= 11 is 0. The van der Waals surface area contributed by atoms with Gasteiger partial charge in [0.1, 0.15) is 12.3 Å². The summed E-state index contributed by atoms with van der Waals surface area (Å²) in [5, 5.41) is 6.73. The van der Waals surface area contributed by atoms with E-state index in [1.165, 1.54) is 32.1 Å². The van der Waals surface area contributed by atoms with E-state index in [0.717, 1.165) is 42.3 Å². The highest BCUT2D eigenvalue weighted by Gasteiger charge is 2.18. The molecule has 1 fully saturated rings. The van der Waals surface area contributed by atoms with E-state index >= 15 is 0 Å². The van der Waals surface area contributed by atoms with E-state index < -0.39 is 0 Å². The zero-order valence-electron chi connectivity index (χ0n) is 15.5. The van der Waals surface area contributed by atoms with E-state index in [1.54, 1.807) is 0 Å². The first-order valence-corrected chi connectivity index (χ1v) is 9.03. The molecule has 0 amide bonds. The van der Waals surface area contributed by atoms with E-state index in [0.29, 0.717) is 12.4 Å². The van der Waals surface area contributed by atoms with Gasteiger partial charge in [-0.15, -0.1) is 24.0 Å². The minimum Gasteiger partial charge on any atom is -0.444 e. The number of oxazole rings is 1. The monoisotopic (exact) mass is 448 g/mol. The van der Waals surface area contributed by atoms with E-state index in [2.05, 4.69) is 34.5 Å². The summed E-state index contributed by atoms with van der Waals surface area (Å²) in [4.78, 5) is 8.95. The van der Waals surface area contributed by atoms with E-state index in [9.17, 15) is 0 Å². The molecule has 2 atom stereocenters. The lowest BCUT2D eigenvalue weighted by atomic mass is 9.81. The van der Waals surface area contributed by atoms with E-state index in [-0.39, 0.29) is 24.0 Å². The minimum atomic E-state index is 0. The van der Waals surface area contributed by atoms with Crippen molar-refractivity contribution in [2.24, 2.45) is 16.8 Å². The molecule has 1 saturated carbocycles. The summed E-state index contributed by atoms with van der Waals surface area (Å²) in [6, 6.07) is 0. The Morgan fingerprint density at radius 2 is 2.08 bits per heavy atom. The average Bonchev–Trinajstić information content (AvgIpc) is 2.83. The molecule has 0 aromatic carbocycles. The van der Waals surface area contributed by atoms with Crippen LogP contribution in [0.5, 0.6) is 0 Å². The van der Waals surface area contributed by atoms with Crippen LogP contribution in [0.2, 0.25) is 0 Å². The Balaban J connectivity index is 0.00000288. The molecule has 5 nitrogen and oxygen atoms in total. The van der Waals surface area contributed by atoms with Crippen LogP contribution >= 0.6 is 24.0 Å². The van der Waals surface area contributed by atoms with Crippen LogP contribution in [0, 0.1) is 25.7 Å². The first-order chi connectivity index (χ1) is 11.1. The molecule has 2 N–H and O–H groups in total. The molecule has 2 unspecified atom stereocenters. The van der Waals surface area contributed by atoms with Crippen molar-refractivity contribution >= 4 is 29.9 Å². The van der Waals surface area contributed by atoms with Gasteiger partial charge in [0.2, 0.25) is 5.89 Å². The zero-order chi connectivity index (χ0) is 16.7. The summed E-state index contributed by atoms with van der Waals surface area (Å²) in [6.07, 6.45) is 6.79. The first-order valence-electron chi connectivity index (χ1n) is 9.03. The van der Waals surface area contributed by atoms with Gasteiger partial charge in [0.15, 0.2) is 5.96 Å². The number of nitrogens with zero attached hydrogens (tertiary/aromatic N) is 2. The van der Waals surface area contributed by atoms with Gasteiger partial charge in [-0.1, -0.05) is 26.2 Å². The smallest absolute Gasteiger partial charge is 0.216 e. The molecule has 1 aliphatic rings. The predicted octanol–water partition coefficient (Wildman–Crippen LogP) is 4.18. The Bertz CT molecular complexity index is 496. The quantitative estimate of drug-likeness (QED) is 0.390. The molecule has 1 heterocycles. The number of nitrogens with one attached hydrogen (secondary N) is 2. The number of rotatable bonds is 6. The molecule has 0 bridgehead atoms. The highest BCUT2D eigenvalue weighted by Crippen LogP contribution is 2.30. The fourth-order valence-electron chi connectivity index (χ4n) is 3.31. The largest absolute Gasteiger partial charge is 0.444 e. The van der Waals surface area contributed by atoms with Crippen molar-refractivity contribution in [1.82, 2.24) is 15.6 Å². The fraction of sp³-hybridized carbons (Fsp3) is 0.778. The van der Waals surface area contributed by atoms with Gasteiger partial charge in [0.05, 0.1) is 5.69 Å². The van der Waals surface area contributed by atoms with Crippen molar-refractivity contribution in [1.29, 1.82) is 0 Å². The number of guanidine groups is 1. The highest BCUT2D eigenvalue weighted by molar-refractivity contribution is 14.0. The number of hydrogen-bond acceptors (Lipinski definition) is 3. The maximum absolute atomic E-state index is 5.58. The predicted molar refractivity (Wildman–Crippen MR) is 110 cm³/mol. The maximum Gasteiger partial charge on any atom is 0.216 e. The summed E-state index contributed by atoms with van der Waals surface area (Å²) < 4.78 is 5.58. The Kier molecular flexibility index (Phi) is 9.69. The standard InChI is InChI=1S/C18H32N4O.HI/c1-5-19-18(21-12-17-22-14(3)15(4)23-17)20-10-9-16-8-6-7-13(2)11-16;/h13,16H,5-12H2,1-4H3,(H2,19,20,21);1H. The third-order valence-corrected chi connectivity index (χ3v) is 4.68. The normalized spacial score (nSPS) is 21.2. The van der Waals surface area contributed by atoms with Gasteiger partial charge < -0.3 is 15.1 Å². The van der Waals surface area contributed by atoms with Gasteiger partial charge in [-0.2, -0.15) is 0 Å². The zero-order valence-corrected chi connectivity index (χ0v) is 17.9. The Labute approximate surface area is 163 Å². The lowest BCUT2D eigenvalue weighted by Crippen LogP contribution is -2.38. The molecule has 0 radical (unpaired) electrons. The lowest BCUT2D eigenvalue weighted by Gasteiger charge is -2.26. The molecule has 1 aliphatic carbocycles. The second-order valence-electron chi connectivity index (χ2n) is 6.80. The van der Waals surface area contributed by atoms with Gasteiger partial charge >= 0.3 is 0 Å². The maximum atomic E-state index is 5.58. The van der Waals surface area contributed by atoms with Gasteiger partial charge in [-0.05, 0) is 45.4 Å². The molecule has 138 valence electrons. The average molecular weight is 448 g/mol. The summed E-state index contributed by atoms with van der Waals surface area (Å²) in [5.41, 5.74) is 0.944. The SMILES string of the molecule is CCNC(=NCc1nc(C)c(C)o1)NCCC1CCCC(C)C1.I. The number of halogens is 1. The number of aliphatic imine (C=N–C) groups is 1. The Morgan fingerprint density at radius 1 is 1.29 bits per heavy atom. The second kappa shape index (κ2) is 10.9. The molecule has 0 aliphatic heterocycles. The Morgan fingerprint density at radius 3 is 2.71 bits per heavy atom. The minimum absolute atomic E-state index is 0. The van der Waals surface area contributed by atoms with Crippen molar-refractivity contribution in [3.63, 3.8) is 0 Å². The molecule has 1 aromatic heterocycles. The van der Waals surface area contributed by atoms with Crippen LogP contribution in [0.3, 0.4) is 0 Å². The van der Waals surface area contributed by atoms with Crippen LogP contribution in [-0.2, 0) is 6.54 Å². The third kappa shape index (κ3) is 6.99. The third-order valence-electron chi connectivity index (χ3n) is 4.68. The molecule has 24 heavy (non-hydrogen) atoms. The van der Waals surface area contributed by atoms with Gasteiger partial charge in [-0.3, -0.25) is 0 Å². The van der Waals surface area contributed by atoms with Crippen molar-refractivity contribution in [3.05, 3.63) is 17.3 Å². The van der Waals surface area contributed by atoms with Crippen LogP contribution in [0.4, 0.5) is 0 Å². The molecule has 6 heteroatoms. The number of aryl methyl sites for hydroxylation is 2. The molecule has 0 saturated heterocycles. The van der Waals surface area contributed by atoms with Crippen molar-refractivity contribution in [2.75, 3.05) is 13.1 Å². The molecule has 1 aromatic rings. The molecular formula is C18H33IN4O. The van der Waals surface area contributed by atoms with E-state index in [1.807, 2.05) is 13.8 Å². The van der Waals surface area contributed by atoms with Crippen LogP contribution in [0.25, 0.3) is 0 Å². The first kappa shape index (κ1) is 21.3. The summed E-state index contributed by atoms with van der Waals surface area (Å²) in [6.45, 7) is 10.7. The number of aromatic nitrogens is 1. The molecule has 0 spiro atoms. The molecule has 2 rings (SSSR count). The van der Waals surface area contributed by atoms with Gasteiger partial charge in [-0.25, -0.2) is 9.98 Å². The molecular weight excluding hydrogens is 415 g/mol. The lowest BCUT2D eigenvalue weighted by molar-refractivity contribution is 0.270. The van der Waals surface area contributed by atoms with Crippen molar-refractivity contribution in [3.8, 4) is 0 Å². The van der Waals surface area contributed by atoms with Gasteiger partial charge in [0.25, 0.3) is 0 Å². The fourth-order valence-corrected chi connectivity index (χ4v) is 3.31.